The molecule has 0 saturated carbocycles. The van der Waals surface area contributed by atoms with E-state index in [2.05, 4.69) is 4.90 Å². The van der Waals surface area contributed by atoms with E-state index in [4.69, 9.17) is 21.1 Å². The van der Waals surface area contributed by atoms with Crippen LogP contribution in [0.1, 0.15) is 18.5 Å². The van der Waals surface area contributed by atoms with Gasteiger partial charge < -0.3 is 14.6 Å². The van der Waals surface area contributed by atoms with Gasteiger partial charge in [0.1, 0.15) is 5.75 Å². The lowest BCUT2D eigenvalue weighted by atomic mass is 10.1. The van der Waals surface area contributed by atoms with Crippen LogP contribution < -0.4 is 0 Å². The Kier molecular flexibility index (Phi) is 7.16. The lowest BCUT2D eigenvalue weighted by Gasteiger charge is -2.29. The highest BCUT2D eigenvalue weighted by Gasteiger charge is 2.18. The van der Waals surface area contributed by atoms with Gasteiger partial charge in [-0.05, 0) is 25.1 Å². The molecule has 1 aromatic rings. The van der Waals surface area contributed by atoms with Crippen molar-refractivity contribution < 1.29 is 14.6 Å². The number of hydrogen-bond donors (Lipinski definition) is 1. The van der Waals surface area contributed by atoms with Crippen LogP contribution in [0.25, 0.3) is 0 Å². The summed E-state index contributed by atoms with van der Waals surface area (Å²) in [6.45, 7) is 4.85. The first-order valence-corrected chi connectivity index (χ1v) is 6.68. The number of methoxy groups -OCH3 is 2. The van der Waals surface area contributed by atoms with Crippen LogP contribution in [-0.4, -0.2) is 50.5 Å². The topological polar surface area (TPSA) is 41.9 Å². The molecule has 0 fully saturated rings. The number of rotatable bonds is 8. The van der Waals surface area contributed by atoms with Crippen molar-refractivity contribution in [2.24, 2.45) is 0 Å². The monoisotopic (exact) mass is 287 g/mol. The van der Waals surface area contributed by atoms with Crippen molar-refractivity contribution in [3.63, 3.8) is 0 Å². The number of hydrogen-bond acceptors (Lipinski definition) is 4. The highest BCUT2D eigenvalue weighted by Crippen LogP contribution is 2.30. The van der Waals surface area contributed by atoms with Crippen molar-refractivity contribution in [3.8, 4) is 5.75 Å². The van der Waals surface area contributed by atoms with Crippen molar-refractivity contribution in [2.75, 3.05) is 40.5 Å². The van der Waals surface area contributed by atoms with E-state index >= 15 is 0 Å². The fourth-order valence-corrected chi connectivity index (χ4v) is 2.15. The summed E-state index contributed by atoms with van der Waals surface area (Å²) < 4.78 is 10.2. The minimum absolute atomic E-state index is 0.0454. The SMILES string of the molecule is COCCN(CCOC)C(C)c1cc(Cl)ccc1O. The molecule has 1 aromatic carbocycles. The molecule has 1 atom stereocenters. The third-order valence-electron chi connectivity index (χ3n) is 3.15. The molecule has 19 heavy (non-hydrogen) atoms. The fourth-order valence-electron chi connectivity index (χ4n) is 1.97. The average molecular weight is 288 g/mol. The van der Waals surface area contributed by atoms with Crippen molar-refractivity contribution in [1.29, 1.82) is 0 Å². The zero-order valence-corrected chi connectivity index (χ0v) is 12.5. The first kappa shape index (κ1) is 16.2. The van der Waals surface area contributed by atoms with Crippen LogP contribution in [0.5, 0.6) is 5.75 Å². The molecule has 1 N–H and O–H groups in total. The maximum atomic E-state index is 9.96. The molecule has 0 saturated heterocycles. The van der Waals surface area contributed by atoms with Crippen LogP contribution in [0.2, 0.25) is 5.02 Å². The number of aromatic hydroxyl groups is 1. The molecule has 0 aromatic heterocycles. The number of phenols is 1. The van der Waals surface area contributed by atoms with E-state index in [1.807, 2.05) is 6.92 Å². The summed E-state index contributed by atoms with van der Waals surface area (Å²) in [5.41, 5.74) is 0.819. The highest BCUT2D eigenvalue weighted by molar-refractivity contribution is 6.30. The molecule has 0 spiro atoms. The third-order valence-corrected chi connectivity index (χ3v) is 3.39. The number of phenolic OH excluding ortho intramolecular Hbond substituents is 1. The average Bonchev–Trinajstić information content (AvgIpc) is 2.41. The molecule has 0 bridgehead atoms. The zero-order chi connectivity index (χ0) is 14.3. The van der Waals surface area contributed by atoms with Crippen LogP contribution in [0.4, 0.5) is 0 Å². The van der Waals surface area contributed by atoms with E-state index < -0.39 is 0 Å². The summed E-state index contributed by atoms with van der Waals surface area (Å²) in [4.78, 5) is 2.19. The molecule has 0 radical (unpaired) electrons. The molecule has 108 valence electrons. The van der Waals surface area contributed by atoms with Gasteiger partial charge in [-0.2, -0.15) is 0 Å². The van der Waals surface area contributed by atoms with Crippen LogP contribution >= 0.6 is 11.6 Å². The molecular formula is C14H22ClNO3. The second-order valence-electron chi connectivity index (χ2n) is 4.40. The summed E-state index contributed by atoms with van der Waals surface area (Å²) in [5.74, 6) is 0.261. The van der Waals surface area contributed by atoms with E-state index in [0.29, 0.717) is 18.2 Å². The van der Waals surface area contributed by atoms with Gasteiger partial charge in [-0.25, -0.2) is 0 Å². The number of benzene rings is 1. The van der Waals surface area contributed by atoms with Gasteiger partial charge in [0, 0.05) is 43.9 Å². The van der Waals surface area contributed by atoms with Crippen molar-refractivity contribution in [2.45, 2.75) is 13.0 Å². The highest BCUT2D eigenvalue weighted by atomic mass is 35.5. The molecule has 4 nitrogen and oxygen atoms in total. The Bertz CT molecular complexity index is 379. The minimum atomic E-state index is 0.0454. The minimum Gasteiger partial charge on any atom is -0.508 e. The zero-order valence-electron chi connectivity index (χ0n) is 11.7. The first-order chi connectivity index (χ1) is 9.10. The molecule has 5 heteroatoms. The molecule has 1 rings (SSSR count). The van der Waals surface area contributed by atoms with Gasteiger partial charge in [0.05, 0.1) is 13.2 Å². The van der Waals surface area contributed by atoms with Crippen LogP contribution in [0.3, 0.4) is 0 Å². The lowest BCUT2D eigenvalue weighted by Crippen LogP contribution is -2.33. The van der Waals surface area contributed by atoms with Gasteiger partial charge in [-0.15, -0.1) is 0 Å². The number of ether oxygens (including phenoxy) is 2. The van der Waals surface area contributed by atoms with E-state index in [1.165, 1.54) is 0 Å². The van der Waals surface area contributed by atoms with Gasteiger partial charge in [0.2, 0.25) is 0 Å². The fraction of sp³-hybridized carbons (Fsp3) is 0.571. The van der Waals surface area contributed by atoms with Gasteiger partial charge in [-0.3, -0.25) is 4.90 Å². The Morgan fingerprint density at radius 3 is 2.32 bits per heavy atom. The molecule has 0 aliphatic carbocycles. The predicted molar refractivity (Wildman–Crippen MR) is 76.9 cm³/mol. The summed E-state index contributed by atoms with van der Waals surface area (Å²) in [7, 11) is 3.35. The second-order valence-corrected chi connectivity index (χ2v) is 4.84. The number of nitrogens with zero attached hydrogens (tertiary/aromatic N) is 1. The standard InChI is InChI=1S/C14H22ClNO3/c1-11(13-10-12(15)4-5-14(13)17)16(6-8-18-2)7-9-19-3/h4-5,10-11,17H,6-9H2,1-3H3. The van der Waals surface area contributed by atoms with Gasteiger partial charge in [-0.1, -0.05) is 11.6 Å². The van der Waals surface area contributed by atoms with E-state index in [-0.39, 0.29) is 11.8 Å². The Hall–Kier alpha value is -0.810. The molecular weight excluding hydrogens is 266 g/mol. The molecule has 0 amide bonds. The largest absolute Gasteiger partial charge is 0.508 e. The van der Waals surface area contributed by atoms with Gasteiger partial charge in [0.15, 0.2) is 0 Å². The summed E-state index contributed by atoms with van der Waals surface area (Å²) >= 11 is 6.00. The molecule has 0 aliphatic heterocycles. The van der Waals surface area contributed by atoms with Crippen molar-refractivity contribution in [1.82, 2.24) is 4.90 Å². The number of halogens is 1. The van der Waals surface area contributed by atoms with E-state index in [1.54, 1.807) is 32.4 Å². The molecule has 0 heterocycles. The van der Waals surface area contributed by atoms with E-state index in [0.717, 1.165) is 18.7 Å². The van der Waals surface area contributed by atoms with Crippen molar-refractivity contribution >= 4 is 11.6 Å². The Morgan fingerprint density at radius 1 is 1.21 bits per heavy atom. The second kappa shape index (κ2) is 8.38. The normalized spacial score (nSPS) is 12.9. The van der Waals surface area contributed by atoms with Crippen LogP contribution in [0, 0.1) is 0 Å². The molecule has 1 unspecified atom stereocenters. The summed E-state index contributed by atoms with van der Waals surface area (Å²) in [6, 6.07) is 5.15. The summed E-state index contributed by atoms with van der Waals surface area (Å²) in [6.07, 6.45) is 0. The molecule has 0 aliphatic rings. The Morgan fingerprint density at radius 2 is 1.79 bits per heavy atom. The Labute approximate surface area is 119 Å². The Balaban J connectivity index is 2.83. The lowest BCUT2D eigenvalue weighted by molar-refractivity contribution is 0.0912. The first-order valence-electron chi connectivity index (χ1n) is 6.30. The third kappa shape index (κ3) is 4.99. The van der Waals surface area contributed by atoms with Crippen molar-refractivity contribution in [3.05, 3.63) is 28.8 Å². The quantitative estimate of drug-likeness (QED) is 0.798. The van der Waals surface area contributed by atoms with Crippen LogP contribution in [0.15, 0.2) is 18.2 Å². The smallest absolute Gasteiger partial charge is 0.120 e. The van der Waals surface area contributed by atoms with E-state index in [9.17, 15) is 5.11 Å². The maximum absolute atomic E-state index is 9.96. The maximum Gasteiger partial charge on any atom is 0.120 e. The summed E-state index contributed by atoms with van der Waals surface area (Å²) in [5, 5.41) is 10.6. The van der Waals surface area contributed by atoms with Gasteiger partial charge >= 0.3 is 0 Å². The predicted octanol–water partition coefficient (Wildman–Crippen LogP) is 2.70. The van der Waals surface area contributed by atoms with Crippen LogP contribution in [-0.2, 0) is 9.47 Å². The van der Waals surface area contributed by atoms with Gasteiger partial charge in [0.25, 0.3) is 0 Å².